The van der Waals surface area contributed by atoms with Crippen molar-refractivity contribution in [3.05, 3.63) is 22.4 Å². The first-order valence-corrected chi connectivity index (χ1v) is 8.31. The summed E-state index contributed by atoms with van der Waals surface area (Å²) >= 11 is 1.67. The minimum atomic E-state index is 0.00609. The van der Waals surface area contributed by atoms with Gasteiger partial charge in [0.1, 0.15) is 6.10 Å². The lowest BCUT2D eigenvalue weighted by molar-refractivity contribution is -0.149. The summed E-state index contributed by atoms with van der Waals surface area (Å²) in [6.07, 6.45) is 3.08. The van der Waals surface area contributed by atoms with Crippen molar-refractivity contribution in [3.63, 3.8) is 0 Å². The largest absolute Gasteiger partial charge is 0.367 e. The van der Waals surface area contributed by atoms with Crippen molar-refractivity contribution in [1.82, 2.24) is 4.90 Å². The molecule has 1 saturated heterocycles. The minimum Gasteiger partial charge on any atom is -0.367 e. The topological polar surface area (TPSA) is 55.6 Å². The molecule has 4 nitrogen and oxygen atoms in total. The molecule has 20 heavy (non-hydrogen) atoms. The van der Waals surface area contributed by atoms with E-state index in [1.54, 1.807) is 11.3 Å². The normalized spacial score (nSPS) is 34.4. The molecule has 0 radical (unpaired) electrons. The van der Waals surface area contributed by atoms with Crippen LogP contribution in [0.4, 0.5) is 0 Å². The van der Waals surface area contributed by atoms with Crippen LogP contribution < -0.4 is 5.73 Å². The molecule has 1 aromatic heterocycles. The van der Waals surface area contributed by atoms with E-state index in [0.29, 0.717) is 13.1 Å². The first-order valence-electron chi connectivity index (χ1n) is 7.37. The van der Waals surface area contributed by atoms with Crippen molar-refractivity contribution in [1.29, 1.82) is 0 Å². The zero-order chi connectivity index (χ0) is 14.1. The predicted molar refractivity (Wildman–Crippen MR) is 79.5 cm³/mol. The fourth-order valence-corrected chi connectivity index (χ4v) is 4.01. The van der Waals surface area contributed by atoms with Gasteiger partial charge in [-0.2, -0.15) is 11.3 Å². The maximum Gasteiger partial charge on any atom is 0.227 e. The van der Waals surface area contributed by atoms with Gasteiger partial charge < -0.3 is 15.4 Å². The van der Waals surface area contributed by atoms with Gasteiger partial charge in [0.05, 0.1) is 18.6 Å². The lowest BCUT2D eigenvalue weighted by Gasteiger charge is -2.38. The van der Waals surface area contributed by atoms with Crippen molar-refractivity contribution in [2.24, 2.45) is 11.7 Å². The summed E-state index contributed by atoms with van der Waals surface area (Å²) in [7, 11) is 0. The fraction of sp³-hybridized carbons (Fsp3) is 0.667. The molecule has 1 aromatic rings. The van der Waals surface area contributed by atoms with Gasteiger partial charge in [-0.25, -0.2) is 0 Å². The van der Waals surface area contributed by atoms with Crippen molar-refractivity contribution < 1.29 is 9.53 Å². The Morgan fingerprint density at radius 3 is 2.95 bits per heavy atom. The van der Waals surface area contributed by atoms with Crippen LogP contribution in [-0.4, -0.2) is 36.0 Å². The van der Waals surface area contributed by atoms with Gasteiger partial charge in [-0.05, 0) is 42.2 Å². The molecule has 2 heterocycles. The molecule has 0 spiro atoms. The summed E-state index contributed by atoms with van der Waals surface area (Å²) in [6.45, 7) is 3.37. The Balaban J connectivity index is 1.71. The molecule has 1 saturated carbocycles. The van der Waals surface area contributed by atoms with E-state index in [4.69, 9.17) is 10.5 Å². The fourth-order valence-electron chi connectivity index (χ4n) is 3.30. The number of morpholine rings is 1. The number of hydrogen-bond acceptors (Lipinski definition) is 4. The lowest BCUT2D eigenvalue weighted by atomic mass is 10.0. The Bertz CT molecular complexity index is 462. The molecule has 0 aromatic carbocycles. The SMILES string of the molecule is C[C@@H]1CN(C(=O)[C@@H]2CCC[C@H]2N)C[C@@H](c2ccsc2)O1. The monoisotopic (exact) mass is 294 g/mol. The third-order valence-electron chi connectivity index (χ3n) is 4.37. The van der Waals surface area contributed by atoms with Crippen LogP contribution in [0.15, 0.2) is 16.8 Å². The molecule has 1 aliphatic carbocycles. The minimum absolute atomic E-state index is 0.00609. The van der Waals surface area contributed by atoms with E-state index in [0.717, 1.165) is 19.3 Å². The molecular formula is C15H22N2O2S. The summed E-state index contributed by atoms with van der Waals surface area (Å²) < 4.78 is 5.98. The van der Waals surface area contributed by atoms with Crippen LogP contribution in [-0.2, 0) is 9.53 Å². The van der Waals surface area contributed by atoms with Crippen LogP contribution in [0, 0.1) is 5.92 Å². The predicted octanol–water partition coefficient (Wildman–Crippen LogP) is 2.16. The van der Waals surface area contributed by atoms with Crippen LogP contribution in [0.3, 0.4) is 0 Å². The van der Waals surface area contributed by atoms with Gasteiger partial charge in [0.2, 0.25) is 5.91 Å². The lowest BCUT2D eigenvalue weighted by Crippen LogP contribution is -2.50. The second kappa shape index (κ2) is 5.84. The highest BCUT2D eigenvalue weighted by Gasteiger charge is 2.37. The average molecular weight is 294 g/mol. The van der Waals surface area contributed by atoms with Crippen LogP contribution in [0.1, 0.15) is 37.9 Å². The number of rotatable bonds is 2. The molecule has 0 bridgehead atoms. The molecule has 5 heteroatoms. The van der Waals surface area contributed by atoms with E-state index in [2.05, 4.69) is 16.8 Å². The molecule has 2 aliphatic rings. The van der Waals surface area contributed by atoms with Crippen molar-refractivity contribution >= 4 is 17.2 Å². The van der Waals surface area contributed by atoms with E-state index in [-0.39, 0.29) is 30.1 Å². The van der Waals surface area contributed by atoms with E-state index in [1.165, 1.54) is 5.56 Å². The smallest absolute Gasteiger partial charge is 0.227 e. The summed E-state index contributed by atoms with van der Waals surface area (Å²) in [5, 5.41) is 4.16. The first kappa shape index (κ1) is 14.0. The standard InChI is InChI=1S/C15H22N2O2S/c1-10-7-17(15(18)12-3-2-4-13(12)16)8-14(19-10)11-5-6-20-9-11/h5-6,9-10,12-14H,2-4,7-8,16H2,1H3/t10-,12-,13-,14+/m1/s1. The third kappa shape index (κ3) is 2.75. The maximum atomic E-state index is 12.7. The second-order valence-corrected chi connectivity index (χ2v) is 6.72. The zero-order valence-corrected chi connectivity index (χ0v) is 12.6. The Labute approximate surface area is 123 Å². The molecule has 2 fully saturated rings. The molecular weight excluding hydrogens is 272 g/mol. The van der Waals surface area contributed by atoms with Gasteiger partial charge in [-0.1, -0.05) is 6.42 Å². The highest BCUT2D eigenvalue weighted by Crippen LogP contribution is 2.31. The van der Waals surface area contributed by atoms with Crippen molar-refractivity contribution in [2.75, 3.05) is 13.1 Å². The maximum absolute atomic E-state index is 12.7. The van der Waals surface area contributed by atoms with E-state index in [9.17, 15) is 4.79 Å². The van der Waals surface area contributed by atoms with Crippen LogP contribution in [0.5, 0.6) is 0 Å². The van der Waals surface area contributed by atoms with Crippen LogP contribution >= 0.6 is 11.3 Å². The third-order valence-corrected chi connectivity index (χ3v) is 5.07. The zero-order valence-electron chi connectivity index (χ0n) is 11.8. The van der Waals surface area contributed by atoms with E-state index < -0.39 is 0 Å². The molecule has 0 unspecified atom stereocenters. The van der Waals surface area contributed by atoms with Crippen LogP contribution in [0.25, 0.3) is 0 Å². The number of ether oxygens (including phenoxy) is 1. The van der Waals surface area contributed by atoms with Gasteiger partial charge in [-0.3, -0.25) is 4.79 Å². The Kier molecular flexibility index (Phi) is 4.10. The van der Waals surface area contributed by atoms with Gasteiger partial charge >= 0.3 is 0 Å². The molecule has 2 N–H and O–H groups in total. The summed E-state index contributed by atoms with van der Waals surface area (Å²) in [5.41, 5.74) is 7.25. The summed E-state index contributed by atoms with van der Waals surface area (Å²) in [4.78, 5) is 14.6. The Morgan fingerprint density at radius 2 is 2.30 bits per heavy atom. The van der Waals surface area contributed by atoms with Crippen molar-refractivity contribution in [3.8, 4) is 0 Å². The summed E-state index contributed by atoms with van der Waals surface area (Å²) in [6, 6.07) is 2.12. The highest BCUT2D eigenvalue weighted by atomic mass is 32.1. The molecule has 1 amide bonds. The Morgan fingerprint density at radius 1 is 1.45 bits per heavy atom. The summed E-state index contributed by atoms with van der Waals surface area (Å²) in [5.74, 6) is 0.244. The average Bonchev–Trinajstić information content (AvgIpc) is 3.08. The molecule has 4 atom stereocenters. The Hall–Kier alpha value is -0.910. The number of carbonyl (C=O) groups excluding carboxylic acids is 1. The second-order valence-electron chi connectivity index (χ2n) is 5.94. The van der Waals surface area contributed by atoms with Crippen molar-refractivity contribution in [2.45, 2.75) is 44.4 Å². The number of nitrogens with two attached hydrogens (primary N) is 1. The number of carbonyl (C=O) groups is 1. The van der Waals surface area contributed by atoms with Gasteiger partial charge in [0.25, 0.3) is 0 Å². The van der Waals surface area contributed by atoms with Gasteiger partial charge in [0, 0.05) is 12.6 Å². The first-order chi connectivity index (χ1) is 9.65. The quantitative estimate of drug-likeness (QED) is 0.909. The molecule has 110 valence electrons. The van der Waals surface area contributed by atoms with E-state index in [1.807, 2.05) is 11.8 Å². The van der Waals surface area contributed by atoms with Gasteiger partial charge in [-0.15, -0.1) is 0 Å². The van der Waals surface area contributed by atoms with Gasteiger partial charge in [0.15, 0.2) is 0 Å². The number of nitrogens with zero attached hydrogens (tertiary/aromatic N) is 1. The van der Waals surface area contributed by atoms with E-state index >= 15 is 0 Å². The highest BCUT2D eigenvalue weighted by molar-refractivity contribution is 7.07. The number of hydrogen-bond donors (Lipinski definition) is 1. The number of thiophene rings is 1. The molecule has 1 aliphatic heterocycles. The van der Waals surface area contributed by atoms with Crippen LogP contribution in [0.2, 0.25) is 0 Å². The number of amides is 1. The molecule has 3 rings (SSSR count).